The van der Waals surface area contributed by atoms with Crippen molar-refractivity contribution in [2.24, 2.45) is 0 Å². The van der Waals surface area contributed by atoms with E-state index in [0.717, 1.165) is 11.8 Å². The van der Waals surface area contributed by atoms with E-state index < -0.39 is 5.82 Å². The summed E-state index contributed by atoms with van der Waals surface area (Å²) in [5, 5.41) is 0. The zero-order valence-electron chi connectivity index (χ0n) is 11.1. The summed E-state index contributed by atoms with van der Waals surface area (Å²) < 4.78 is 28.6. The monoisotopic (exact) mass is 279 g/mol. The van der Waals surface area contributed by atoms with Gasteiger partial charge in [-0.15, -0.1) is 0 Å². The Labute approximate surface area is 115 Å². The molecule has 2 aromatic rings. The Bertz CT molecular complexity index is 585. The van der Waals surface area contributed by atoms with E-state index in [2.05, 4.69) is 9.97 Å². The molecule has 0 bridgehead atoms. The molecule has 2 N–H and O–H groups in total. The van der Waals surface area contributed by atoms with Gasteiger partial charge in [0.05, 0.1) is 20.4 Å². The number of hydrogen-bond donors (Lipinski definition) is 1. The minimum atomic E-state index is -0.680. The maximum Gasteiger partial charge on any atom is 0.318 e. The molecule has 0 amide bonds. The lowest BCUT2D eigenvalue weighted by atomic mass is 10.2. The number of hydrogen-bond acceptors (Lipinski definition) is 6. The summed E-state index contributed by atoms with van der Waals surface area (Å²) in [6.07, 6.45) is 0.962. The second-order valence-electron chi connectivity index (χ2n) is 3.90. The van der Waals surface area contributed by atoms with Crippen molar-refractivity contribution in [1.29, 1.82) is 0 Å². The number of nitrogens with zero attached hydrogens (tertiary/aromatic N) is 2. The number of nitrogens with two attached hydrogens (primary N) is 1. The van der Waals surface area contributed by atoms with Crippen LogP contribution in [0.4, 0.5) is 10.2 Å². The highest BCUT2D eigenvalue weighted by molar-refractivity contribution is 5.38. The number of nitrogen functional groups attached to an aromatic ring is 1. The van der Waals surface area contributed by atoms with Gasteiger partial charge < -0.3 is 19.9 Å². The smallest absolute Gasteiger partial charge is 0.318 e. The van der Waals surface area contributed by atoms with Gasteiger partial charge in [0, 0.05) is 6.07 Å². The Morgan fingerprint density at radius 1 is 1.15 bits per heavy atom. The molecule has 1 aromatic carbocycles. The van der Waals surface area contributed by atoms with Gasteiger partial charge in [-0.05, 0) is 17.7 Å². The number of halogens is 1. The fraction of sp³-hybridized carbons (Fsp3) is 0.231. The van der Waals surface area contributed by atoms with Crippen LogP contribution >= 0.6 is 0 Å². The van der Waals surface area contributed by atoms with Crippen LogP contribution in [0, 0.1) is 5.82 Å². The fourth-order valence-electron chi connectivity index (χ4n) is 1.53. The predicted octanol–water partition coefficient (Wildman–Crippen LogP) is 1.79. The molecule has 0 aliphatic heterocycles. The van der Waals surface area contributed by atoms with Crippen LogP contribution in [0.2, 0.25) is 0 Å². The first-order valence-corrected chi connectivity index (χ1v) is 5.75. The molecule has 106 valence electrons. The summed E-state index contributed by atoms with van der Waals surface area (Å²) in [4.78, 5) is 7.37. The van der Waals surface area contributed by atoms with Crippen LogP contribution in [0.1, 0.15) is 5.56 Å². The molecule has 0 aliphatic carbocycles. The molecule has 0 atom stereocenters. The first-order valence-electron chi connectivity index (χ1n) is 5.75. The van der Waals surface area contributed by atoms with Crippen molar-refractivity contribution in [3.8, 4) is 17.5 Å². The number of methoxy groups -OCH3 is 2. The Morgan fingerprint density at radius 3 is 2.35 bits per heavy atom. The second kappa shape index (κ2) is 6.05. The van der Waals surface area contributed by atoms with Gasteiger partial charge in [0.1, 0.15) is 18.1 Å². The maximum absolute atomic E-state index is 12.9. The first-order chi connectivity index (χ1) is 9.62. The van der Waals surface area contributed by atoms with Crippen molar-refractivity contribution in [3.63, 3.8) is 0 Å². The Balaban J connectivity index is 2.11. The first kappa shape index (κ1) is 13.9. The standard InChI is InChI=1S/C13H14FN3O3/c1-18-9-3-8(4-10(5-9)19-2)7-20-13-16-6-11(14)12(15)17-13/h3-6H,7H2,1-2H3,(H2,15,16,17). The van der Waals surface area contributed by atoms with Crippen molar-refractivity contribution < 1.29 is 18.6 Å². The van der Waals surface area contributed by atoms with Crippen molar-refractivity contribution in [1.82, 2.24) is 9.97 Å². The Kier molecular flexibility index (Phi) is 4.19. The largest absolute Gasteiger partial charge is 0.497 e. The van der Waals surface area contributed by atoms with Crippen LogP contribution in [-0.4, -0.2) is 24.2 Å². The molecule has 1 heterocycles. The molecule has 6 nitrogen and oxygen atoms in total. The van der Waals surface area contributed by atoms with E-state index in [0.29, 0.717) is 11.5 Å². The Morgan fingerprint density at radius 2 is 1.80 bits per heavy atom. The van der Waals surface area contributed by atoms with E-state index in [1.54, 1.807) is 32.4 Å². The van der Waals surface area contributed by atoms with E-state index in [1.807, 2.05) is 0 Å². The van der Waals surface area contributed by atoms with E-state index in [-0.39, 0.29) is 18.4 Å². The summed E-state index contributed by atoms with van der Waals surface area (Å²) in [6.45, 7) is 0.179. The number of aromatic nitrogens is 2. The van der Waals surface area contributed by atoms with Crippen LogP contribution in [0.5, 0.6) is 17.5 Å². The molecule has 7 heteroatoms. The minimum Gasteiger partial charge on any atom is -0.497 e. The van der Waals surface area contributed by atoms with Crippen molar-refractivity contribution in [2.45, 2.75) is 6.61 Å². The lowest BCUT2D eigenvalue weighted by molar-refractivity contribution is 0.278. The molecule has 2 rings (SSSR count). The predicted molar refractivity (Wildman–Crippen MR) is 70.3 cm³/mol. The molecular formula is C13H14FN3O3. The fourth-order valence-corrected chi connectivity index (χ4v) is 1.53. The highest BCUT2D eigenvalue weighted by atomic mass is 19.1. The van der Waals surface area contributed by atoms with Crippen LogP contribution in [0.25, 0.3) is 0 Å². The number of anilines is 1. The average molecular weight is 279 g/mol. The van der Waals surface area contributed by atoms with Crippen molar-refractivity contribution in [3.05, 3.63) is 35.8 Å². The molecule has 0 aliphatic rings. The van der Waals surface area contributed by atoms with Crippen molar-refractivity contribution >= 4 is 5.82 Å². The molecular weight excluding hydrogens is 265 g/mol. The molecule has 0 fully saturated rings. The van der Waals surface area contributed by atoms with Gasteiger partial charge >= 0.3 is 6.01 Å². The molecule has 20 heavy (non-hydrogen) atoms. The molecule has 0 saturated carbocycles. The normalized spacial score (nSPS) is 10.2. The second-order valence-corrected chi connectivity index (χ2v) is 3.90. The van der Waals surface area contributed by atoms with Gasteiger partial charge in [-0.1, -0.05) is 0 Å². The Hall–Kier alpha value is -2.57. The third kappa shape index (κ3) is 3.25. The van der Waals surface area contributed by atoms with E-state index >= 15 is 0 Å². The van der Waals surface area contributed by atoms with Gasteiger partial charge in [0.2, 0.25) is 0 Å². The molecule has 0 saturated heterocycles. The molecule has 0 unspecified atom stereocenters. The lowest BCUT2D eigenvalue weighted by Gasteiger charge is -2.09. The van der Waals surface area contributed by atoms with Gasteiger partial charge in [-0.25, -0.2) is 9.37 Å². The summed E-state index contributed by atoms with van der Waals surface area (Å²) in [5.74, 6) is 0.351. The molecule has 1 aromatic heterocycles. The van der Waals surface area contributed by atoms with E-state index in [9.17, 15) is 4.39 Å². The summed E-state index contributed by atoms with van der Waals surface area (Å²) >= 11 is 0. The lowest BCUT2D eigenvalue weighted by Crippen LogP contribution is -2.03. The third-order valence-electron chi connectivity index (χ3n) is 2.53. The third-order valence-corrected chi connectivity index (χ3v) is 2.53. The summed E-state index contributed by atoms with van der Waals surface area (Å²) in [6, 6.07) is 5.33. The number of benzene rings is 1. The quantitative estimate of drug-likeness (QED) is 0.899. The van der Waals surface area contributed by atoms with Crippen LogP contribution < -0.4 is 19.9 Å². The topological polar surface area (TPSA) is 79.5 Å². The van der Waals surface area contributed by atoms with Gasteiger partial charge in [-0.2, -0.15) is 4.98 Å². The summed E-state index contributed by atoms with van der Waals surface area (Å²) in [5.41, 5.74) is 6.13. The van der Waals surface area contributed by atoms with Gasteiger partial charge in [0.15, 0.2) is 11.6 Å². The van der Waals surface area contributed by atoms with E-state index in [1.165, 1.54) is 0 Å². The zero-order chi connectivity index (χ0) is 14.5. The zero-order valence-corrected chi connectivity index (χ0v) is 11.1. The highest BCUT2D eigenvalue weighted by Gasteiger charge is 2.06. The van der Waals surface area contributed by atoms with Crippen molar-refractivity contribution in [2.75, 3.05) is 20.0 Å². The maximum atomic E-state index is 12.9. The average Bonchev–Trinajstić information content (AvgIpc) is 2.48. The minimum absolute atomic E-state index is 0.00527. The van der Waals surface area contributed by atoms with Gasteiger partial charge in [0.25, 0.3) is 0 Å². The molecule has 0 spiro atoms. The summed E-state index contributed by atoms with van der Waals surface area (Å²) in [7, 11) is 3.12. The molecule has 0 radical (unpaired) electrons. The number of ether oxygens (including phenoxy) is 3. The van der Waals surface area contributed by atoms with Gasteiger partial charge in [-0.3, -0.25) is 0 Å². The van der Waals surface area contributed by atoms with Crippen LogP contribution in [0.3, 0.4) is 0 Å². The number of rotatable bonds is 5. The highest BCUT2D eigenvalue weighted by Crippen LogP contribution is 2.23. The van der Waals surface area contributed by atoms with E-state index in [4.69, 9.17) is 19.9 Å². The van der Waals surface area contributed by atoms with Crippen LogP contribution in [-0.2, 0) is 6.61 Å². The van der Waals surface area contributed by atoms with Crippen LogP contribution in [0.15, 0.2) is 24.4 Å². The SMILES string of the molecule is COc1cc(COc2ncc(F)c(N)n2)cc(OC)c1.